The molecule has 0 saturated carbocycles. The molecule has 0 spiro atoms. The fourth-order valence-corrected chi connectivity index (χ4v) is 3.03. The predicted molar refractivity (Wildman–Crippen MR) is 118 cm³/mol. The van der Waals surface area contributed by atoms with Crippen LogP contribution in [0.4, 0.5) is 29.3 Å². The second kappa shape index (κ2) is 10.2. The van der Waals surface area contributed by atoms with E-state index in [1.165, 1.54) is 17.0 Å². The molecule has 3 amide bonds. The Hall–Kier alpha value is -3.52. The Morgan fingerprint density at radius 2 is 1.59 bits per heavy atom. The highest BCUT2D eigenvalue weighted by Gasteiger charge is 2.30. The van der Waals surface area contributed by atoms with Gasteiger partial charge in [-0.25, -0.2) is 4.79 Å². The highest BCUT2D eigenvalue weighted by atomic mass is 35.5. The van der Waals surface area contributed by atoms with Gasteiger partial charge in [-0.15, -0.1) is 0 Å². The molecule has 0 aliphatic heterocycles. The quantitative estimate of drug-likeness (QED) is 0.485. The van der Waals surface area contributed by atoms with Crippen LogP contribution in [0.25, 0.3) is 0 Å². The van der Waals surface area contributed by atoms with Crippen molar-refractivity contribution in [2.75, 3.05) is 23.3 Å². The normalized spacial score (nSPS) is 11.0. The summed E-state index contributed by atoms with van der Waals surface area (Å²) >= 11 is 5.86. The average molecular weight is 462 g/mol. The molecule has 5 nitrogen and oxygen atoms in total. The number of nitrogens with zero attached hydrogens (tertiary/aromatic N) is 1. The number of carbonyl (C=O) groups excluding carboxylic acids is 2. The lowest BCUT2D eigenvalue weighted by molar-refractivity contribution is -0.137. The highest BCUT2D eigenvalue weighted by Crippen LogP contribution is 2.29. The van der Waals surface area contributed by atoms with Gasteiger partial charge in [-0.3, -0.25) is 9.69 Å². The van der Waals surface area contributed by atoms with Gasteiger partial charge in [-0.05, 0) is 54.6 Å². The van der Waals surface area contributed by atoms with Crippen LogP contribution >= 0.6 is 11.6 Å². The number of carbonyl (C=O) groups is 2. The van der Waals surface area contributed by atoms with Crippen molar-refractivity contribution in [3.63, 3.8) is 0 Å². The first kappa shape index (κ1) is 23.1. The Morgan fingerprint density at radius 1 is 0.906 bits per heavy atom. The number of rotatable bonds is 6. The summed E-state index contributed by atoms with van der Waals surface area (Å²) in [5.74, 6) is -0.665. The van der Waals surface area contributed by atoms with E-state index in [1.807, 2.05) is 0 Å². The van der Waals surface area contributed by atoms with Crippen molar-refractivity contribution in [3.05, 3.63) is 95.0 Å². The fraction of sp³-hybridized carbons (Fsp3) is 0.130. The molecule has 0 fully saturated rings. The summed E-state index contributed by atoms with van der Waals surface area (Å²) in [7, 11) is 0. The summed E-state index contributed by atoms with van der Waals surface area (Å²) in [5, 5.41) is 5.84. The molecule has 0 atom stereocenters. The Bertz CT molecular complexity index is 1070. The van der Waals surface area contributed by atoms with Crippen LogP contribution in [-0.4, -0.2) is 25.0 Å². The van der Waals surface area contributed by atoms with Gasteiger partial charge in [-0.1, -0.05) is 35.9 Å². The molecule has 3 rings (SSSR count). The molecule has 2 N–H and O–H groups in total. The molecular formula is C23H19ClF3N3O2. The van der Waals surface area contributed by atoms with Crippen LogP contribution in [0.2, 0.25) is 5.02 Å². The number of halogens is 4. The molecule has 3 aromatic carbocycles. The lowest BCUT2D eigenvalue weighted by Crippen LogP contribution is -2.41. The van der Waals surface area contributed by atoms with E-state index < -0.39 is 23.7 Å². The van der Waals surface area contributed by atoms with Crippen LogP contribution < -0.4 is 15.5 Å². The summed E-state index contributed by atoms with van der Waals surface area (Å²) in [5.41, 5.74) is 0.107. The van der Waals surface area contributed by atoms with Gasteiger partial charge >= 0.3 is 12.2 Å². The molecule has 0 aliphatic carbocycles. The van der Waals surface area contributed by atoms with E-state index in [1.54, 1.807) is 54.6 Å². The Morgan fingerprint density at radius 3 is 2.25 bits per heavy atom. The third kappa shape index (κ3) is 6.24. The molecule has 3 aromatic rings. The predicted octanol–water partition coefficient (Wildman–Crippen LogP) is 5.83. The third-order valence-electron chi connectivity index (χ3n) is 4.48. The minimum atomic E-state index is -4.54. The number of hydrogen-bond donors (Lipinski definition) is 2. The monoisotopic (exact) mass is 461 g/mol. The van der Waals surface area contributed by atoms with E-state index in [-0.39, 0.29) is 18.7 Å². The van der Waals surface area contributed by atoms with Crippen LogP contribution in [0.15, 0.2) is 78.9 Å². The number of nitrogens with one attached hydrogen (secondary N) is 2. The van der Waals surface area contributed by atoms with E-state index in [9.17, 15) is 22.8 Å². The van der Waals surface area contributed by atoms with Crippen molar-refractivity contribution in [2.45, 2.75) is 6.18 Å². The summed E-state index contributed by atoms with van der Waals surface area (Å²) < 4.78 is 38.6. The van der Waals surface area contributed by atoms with Crippen LogP contribution in [0.3, 0.4) is 0 Å². The fourth-order valence-electron chi connectivity index (χ4n) is 2.90. The maximum Gasteiger partial charge on any atom is 0.416 e. The van der Waals surface area contributed by atoms with Crippen LogP contribution in [0.1, 0.15) is 15.9 Å². The zero-order chi connectivity index (χ0) is 23.1. The lowest BCUT2D eigenvalue weighted by atomic mass is 10.1. The molecule has 0 aliphatic rings. The SMILES string of the molecule is O=C(NCCN(C(=O)Nc1ccc(Cl)cc1)c1ccccc1)c1cccc(C(F)(F)F)c1. The topological polar surface area (TPSA) is 61.4 Å². The largest absolute Gasteiger partial charge is 0.416 e. The van der Waals surface area contributed by atoms with Crippen LogP contribution in [0.5, 0.6) is 0 Å². The standard InChI is InChI=1S/C23H19ClF3N3O2/c24-18-9-11-19(12-10-18)29-22(32)30(20-7-2-1-3-8-20)14-13-28-21(31)16-5-4-6-17(15-16)23(25,26)27/h1-12,15H,13-14H2,(H,28,31)(H,29,32). The van der Waals surface area contributed by atoms with Crippen LogP contribution in [-0.2, 0) is 6.18 Å². The number of anilines is 2. The molecule has 166 valence electrons. The molecule has 0 bridgehead atoms. The zero-order valence-corrected chi connectivity index (χ0v) is 17.5. The van der Waals surface area contributed by atoms with E-state index in [2.05, 4.69) is 10.6 Å². The van der Waals surface area contributed by atoms with Crippen molar-refractivity contribution in [2.24, 2.45) is 0 Å². The first-order valence-corrected chi connectivity index (χ1v) is 9.96. The lowest BCUT2D eigenvalue weighted by Gasteiger charge is -2.23. The number of alkyl halides is 3. The molecule has 0 heterocycles. The molecule has 0 saturated heterocycles. The molecule has 0 unspecified atom stereocenters. The maximum absolute atomic E-state index is 12.9. The van der Waals surface area contributed by atoms with Gasteiger partial charge in [0.25, 0.3) is 5.91 Å². The summed E-state index contributed by atoms with van der Waals surface area (Å²) in [6.07, 6.45) is -4.54. The Kier molecular flexibility index (Phi) is 7.37. The number of urea groups is 1. The first-order chi connectivity index (χ1) is 15.2. The van der Waals surface area contributed by atoms with Crippen LogP contribution in [0, 0.1) is 0 Å². The van der Waals surface area contributed by atoms with Gasteiger partial charge in [0.05, 0.1) is 5.56 Å². The number of para-hydroxylation sites is 1. The molecule has 0 aromatic heterocycles. The van der Waals surface area contributed by atoms with Crippen molar-refractivity contribution >= 4 is 34.9 Å². The average Bonchev–Trinajstić information content (AvgIpc) is 2.78. The third-order valence-corrected chi connectivity index (χ3v) is 4.73. The van der Waals surface area contributed by atoms with Crippen molar-refractivity contribution in [1.29, 1.82) is 0 Å². The second-order valence-electron chi connectivity index (χ2n) is 6.76. The van der Waals surface area contributed by atoms with Crippen molar-refractivity contribution < 1.29 is 22.8 Å². The van der Waals surface area contributed by atoms with Gasteiger partial charge in [-0.2, -0.15) is 13.2 Å². The van der Waals surface area contributed by atoms with Gasteiger partial charge in [0.2, 0.25) is 0 Å². The Balaban J connectivity index is 1.67. The van der Waals surface area contributed by atoms with E-state index in [4.69, 9.17) is 11.6 Å². The molecule has 32 heavy (non-hydrogen) atoms. The molecule has 0 radical (unpaired) electrons. The first-order valence-electron chi connectivity index (χ1n) is 9.58. The smallest absolute Gasteiger partial charge is 0.350 e. The molecular weight excluding hydrogens is 443 g/mol. The Labute approximate surface area is 187 Å². The maximum atomic E-state index is 12.9. The zero-order valence-electron chi connectivity index (χ0n) is 16.7. The van der Waals surface area contributed by atoms with Gasteiger partial charge in [0, 0.05) is 35.1 Å². The van der Waals surface area contributed by atoms with E-state index in [0.717, 1.165) is 12.1 Å². The second-order valence-corrected chi connectivity index (χ2v) is 7.20. The number of amides is 3. The number of benzene rings is 3. The highest BCUT2D eigenvalue weighted by molar-refractivity contribution is 6.30. The van der Waals surface area contributed by atoms with E-state index in [0.29, 0.717) is 16.4 Å². The summed E-state index contributed by atoms with van der Waals surface area (Å²) in [4.78, 5) is 26.6. The summed E-state index contributed by atoms with van der Waals surface area (Å²) in [6.45, 7) is 0.117. The minimum absolute atomic E-state index is 0.0258. The van der Waals surface area contributed by atoms with Gasteiger partial charge < -0.3 is 10.6 Å². The summed E-state index contributed by atoms with van der Waals surface area (Å²) in [6, 6.07) is 19.1. The van der Waals surface area contributed by atoms with Crippen molar-refractivity contribution in [3.8, 4) is 0 Å². The van der Waals surface area contributed by atoms with Crippen molar-refractivity contribution in [1.82, 2.24) is 5.32 Å². The minimum Gasteiger partial charge on any atom is -0.350 e. The molecule has 9 heteroatoms. The van der Waals surface area contributed by atoms with E-state index >= 15 is 0 Å². The van der Waals surface area contributed by atoms with Gasteiger partial charge in [0.15, 0.2) is 0 Å². The number of hydrogen-bond acceptors (Lipinski definition) is 2. The van der Waals surface area contributed by atoms with Gasteiger partial charge in [0.1, 0.15) is 0 Å².